The van der Waals surface area contributed by atoms with Gasteiger partial charge >= 0.3 is 0 Å². The molecule has 0 bridgehead atoms. The van der Waals surface area contributed by atoms with E-state index >= 15 is 0 Å². The molecule has 0 aliphatic rings. The molecule has 0 fully saturated rings. The van der Waals surface area contributed by atoms with Crippen LogP contribution in [0.15, 0.2) is 18.2 Å². The summed E-state index contributed by atoms with van der Waals surface area (Å²) in [6.45, 7) is 4.08. The van der Waals surface area contributed by atoms with E-state index in [9.17, 15) is 0 Å². The van der Waals surface area contributed by atoms with Crippen molar-refractivity contribution in [2.75, 3.05) is 11.9 Å². The van der Waals surface area contributed by atoms with E-state index in [1.54, 1.807) is 0 Å². The van der Waals surface area contributed by atoms with Crippen LogP contribution in [-0.2, 0) is 6.61 Å². The van der Waals surface area contributed by atoms with Crippen LogP contribution in [0.5, 0.6) is 0 Å². The van der Waals surface area contributed by atoms with Crippen LogP contribution in [-0.4, -0.2) is 18.2 Å². The lowest BCUT2D eigenvalue weighted by molar-refractivity contribution is 0.281. The molecular weight excluding hydrogens is 200 g/mol. The normalized spacial score (nSPS) is 11.9. The van der Waals surface area contributed by atoms with E-state index in [-0.39, 0.29) is 12.6 Å². The summed E-state index contributed by atoms with van der Waals surface area (Å²) in [5.41, 5.74) is 3.11. The third-order valence-corrected chi connectivity index (χ3v) is 2.95. The van der Waals surface area contributed by atoms with Gasteiger partial charge in [0.1, 0.15) is 0 Å². The van der Waals surface area contributed by atoms with Crippen LogP contribution in [0, 0.1) is 18.3 Å². The van der Waals surface area contributed by atoms with Crippen LogP contribution >= 0.6 is 0 Å². The smallest absolute Gasteiger partial charge is 0.0684 e. The van der Waals surface area contributed by atoms with Crippen LogP contribution in [0.3, 0.4) is 0 Å². The summed E-state index contributed by atoms with van der Waals surface area (Å²) in [7, 11) is 1.98. The number of nitriles is 1. The monoisotopic (exact) mass is 218 g/mol. The Morgan fingerprint density at radius 3 is 2.69 bits per heavy atom. The van der Waals surface area contributed by atoms with Crippen LogP contribution in [0.1, 0.15) is 24.5 Å². The molecule has 1 aromatic carbocycles. The van der Waals surface area contributed by atoms with E-state index in [1.165, 1.54) is 0 Å². The number of hydrogen-bond donors (Lipinski definition) is 1. The summed E-state index contributed by atoms with van der Waals surface area (Å²) in [6.07, 6.45) is 0.511. The van der Waals surface area contributed by atoms with E-state index < -0.39 is 0 Å². The van der Waals surface area contributed by atoms with Crippen molar-refractivity contribution in [2.24, 2.45) is 0 Å². The third-order valence-electron chi connectivity index (χ3n) is 2.95. The minimum atomic E-state index is 0.0730. The van der Waals surface area contributed by atoms with E-state index in [1.807, 2.05) is 39.1 Å². The molecule has 0 spiro atoms. The number of aliphatic hydroxyl groups is 1. The van der Waals surface area contributed by atoms with Gasteiger partial charge in [-0.25, -0.2) is 0 Å². The van der Waals surface area contributed by atoms with Crippen molar-refractivity contribution in [1.82, 2.24) is 0 Å². The van der Waals surface area contributed by atoms with Crippen molar-refractivity contribution in [3.8, 4) is 6.07 Å². The number of aryl methyl sites for hydroxylation is 1. The maximum Gasteiger partial charge on any atom is 0.0684 e. The lowest BCUT2D eigenvalue weighted by Crippen LogP contribution is -2.28. The Morgan fingerprint density at radius 1 is 1.50 bits per heavy atom. The second kappa shape index (κ2) is 5.53. The fraction of sp³-hybridized carbons (Fsp3) is 0.462. The van der Waals surface area contributed by atoms with Gasteiger partial charge in [-0.2, -0.15) is 5.26 Å². The van der Waals surface area contributed by atoms with Crippen molar-refractivity contribution < 1.29 is 5.11 Å². The second-order valence-electron chi connectivity index (χ2n) is 4.09. The molecule has 0 saturated carbocycles. The van der Waals surface area contributed by atoms with Gasteiger partial charge in [-0.15, -0.1) is 0 Å². The summed E-state index contributed by atoms with van der Waals surface area (Å²) in [4.78, 5) is 2.08. The highest BCUT2D eigenvalue weighted by Crippen LogP contribution is 2.20. The molecule has 0 saturated heterocycles. The van der Waals surface area contributed by atoms with Crippen molar-refractivity contribution in [3.63, 3.8) is 0 Å². The minimum Gasteiger partial charge on any atom is -0.392 e. The standard InChI is InChI=1S/C13H18N2O/c1-10-8-13(5-4-12(10)9-16)15(3)11(2)6-7-14/h4-5,8,11,16H,6,9H2,1-3H3. The molecule has 0 aliphatic heterocycles. The average Bonchev–Trinajstić information content (AvgIpc) is 2.28. The largest absolute Gasteiger partial charge is 0.392 e. The Hall–Kier alpha value is -1.53. The first kappa shape index (κ1) is 12.5. The Bertz CT molecular complexity index is 395. The fourth-order valence-corrected chi connectivity index (χ4v) is 1.60. The van der Waals surface area contributed by atoms with Gasteiger partial charge in [0.25, 0.3) is 0 Å². The number of anilines is 1. The van der Waals surface area contributed by atoms with E-state index in [4.69, 9.17) is 10.4 Å². The highest BCUT2D eigenvalue weighted by Gasteiger charge is 2.10. The molecule has 0 aromatic heterocycles. The van der Waals surface area contributed by atoms with Crippen LogP contribution in [0.25, 0.3) is 0 Å². The molecule has 0 amide bonds. The predicted molar refractivity (Wildman–Crippen MR) is 65.2 cm³/mol. The van der Waals surface area contributed by atoms with Crippen LogP contribution in [0.4, 0.5) is 5.69 Å². The van der Waals surface area contributed by atoms with Gasteiger partial charge in [0, 0.05) is 18.8 Å². The summed E-state index contributed by atoms with van der Waals surface area (Å²) >= 11 is 0. The molecule has 1 N–H and O–H groups in total. The lowest BCUT2D eigenvalue weighted by Gasteiger charge is -2.25. The maximum atomic E-state index is 9.08. The molecule has 16 heavy (non-hydrogen) atoms. The van der Waals surface area contributed by atoms with E-state index in [0.717, 1.165) is 16.8 Å². The highest BCUT2D eigenvalue weighted by atomic mass is 16.3. The topological polar surface area (TPSA) is 47.3 Å². The summed E-state index contributed by atoms with van der Waals surface area (Å²) in [6, 6.07) is 8.32. The first-order valence-electron chi connectivity index (χ1n) is 5.40. The molecule has 1 aromatic rings. The Labute approximate surface area is 96.9 Å². The summed E-state index contributed by atoms with van der Waals surface area (Å²) in [5, 5.41) is 17.7. The number of benzene rings is 1. The predicted octanol–water partition coefficient (Wildman–Crippen LogP) is 2.23. The number of rotatable bonds is 4. The Balaban J connectivity index is 2.89. The van der Waals surface area contributed by atoms with E-state index in [0.29, 0.717) is 6.42 Å². The molecule has 3 heteroatoms. The SMILES string of the molecule is Cc1cc(N(C)C(C)CC#N)ccc1CO. The van der Waals surface area contributed by atoms with Gasteiger partial charge in [0.15, 0.2) is 0 Å². The first-order valence-corrected chi connectivity index (χ1v) is 5.40. The molecule has 0 aliphatic carbocycles. The zero-order chi connectivity index (χ0) is 12.1. The second-order valence-corrected chi connectivity index (χ2v) is 4.09. The zero-order valence-corrected chi connectivity index (χ0v) is 10.1. The number of aliphatic hydroxyl groups excluding tert-OH is 1. The molecule has 1 unspecified atom stereocenters. The van der Waals surface area contributed by atoms with Gasteiger partial charge in [0.05, 0.1) is 19.1 Å². The van der Waals surface area contributed by atoms with Gasteiger partial charge in [-0.3, -0.25) is 0 Å². The summed E-state index contributed by atoms with van der Waals surface area (Å²) in [5.74, 6) is 0. The Morgan fingerprint density at radius 2 is 2.19 bits per heavy atom. The molecule has 0 heterocycles. The molecule has 86 valence electrons. The highest BCUT2D eigenvalue weighted by molar-refractivity contribution is 5.50. The average molecular weight is 218 g/mol. The number of nitrogens with zero attached hydrogens (tertiary/aromatic N) is 2. The van der Waals surface area contributed by atoms with Crippen LogP contribution in [0.2, 0.25) is 0 Å². The first-order chi connectivity index (χ1) is 7.60. The molecule has 1 atom stereocenters. The van der Waals surface area contributed by atoms with Gasteiger partial charge in [0.2, 0.25) is 0 Å². The fourth-order valence-electron chi connectivity index (χ4n) is 1.60. The van der Waals surface area contributed by atoms with Crippen molar-refractivity contribution in [2.45, 2.75) is 32.9 Å². The van der Waals surface area contributed by atoms with Crippen LogP contribution < -0.4 is 4.90 Å². The molecule has 1 rings (SSSR count). The van der Waals surface area contributed by atoms with Gasteiger partial charge in [-0.1, -0.05) is 6.07 Å². The summed E-state index contributed by atoms with van der Waals surface area (Å²) < 4.78 is 0. The number of hydrogen-bond acceptors (Lipinski definition) is 3. The van der Waals surface area contributed by atoms with Crippen molar-refractivity contribution in [3.05, 3.63) is 29.3 Å². The van der Waals surface area contributed by atoms with Gasteiger partial charge in [-0.05, 0) is 37.1 Å². The lowest BCUT2D eigenvalue weighted by atomic mass is 10.1. The molecule has 0 radical (unpaired) electrons. The third kappa shape index (κ3) is 2.74. The maximum absolute atomic E-state index is 9.08. The van der Waals surface area contributed by atoms with E-state index in [2.05, 4.69) is 11.0 Å². The molecule has 3 nitrogen and oxygen atoms in total. The van der Waals surface area contributed by atoms with Gasteiger partial charge < -0.3 is 10.0 Å². The van der Waals surface area contributed by atoms with Crippen molar-refractivity contribution in [1.29, 1.82) is 5.26 Å². The minimum absolute atomic E-state index is 0.0730. The molecular formula is C13H18N2O. The Kier molecular flexibility index (Phi) is 4.33. The van der Waals surface area contributed by atoms with Crippen molar-refractivity contribution >= 4 is 5.69 Å². The quantitative estimate of drug-likeness (QED) is 0.843. The zero-order valence-electron chi connectivity index (χ0n) is 10.1.